The van der Waals surface area contributed by atoms with Crippen molar-refractivity contribution in [2.45, 2.75) is 50.6 Å². The van der Waals surface area contributed by atoms with Gasteiger partial charge in [-0.05, 0) is 99.3 Å². The van der Waals surface area contributed by atoms with Crippen LogP contribution in [0.4, 0.5) is 5.82 Å². The van der Waals surface area contributed by atoms with E-state index in [0.29, 0.717) is 17.3 Å². The number of para-hydroxylation sites is 1. The zero-order chi connectivity index (χ0) is 28.8. The number of fused-ring (bicyclic) bond motifs is 1. The van der Waals surface area contributed by atoms with E-state index in [2.05, 4.69) is 29.8 Å². The van der Waals surface area contributed by atoms with E-state index in [0.717, 1.165) is 71.7 Å². The van der Waals surface area contributed by atoms with Gasteiger partial charge in [-0.3, -0.25) is 0 Å². The predicted molar refractivity (Wildman–Crippen MR) is 169 cm³/mol. The SMILES string of the molecule is Nc1ncnc2c1c(-c1ccc(Oc3ccccc3)cc1)nn2C1CCN(C2CC3(CCN(CC4CNC4)CC3)C2)CC1. The van der Waals surface area contributed by atoms with E-state index in [1.165, 1.54) is 58.4 Å². The number of piperidine rings is 2. The minimum absolute atomic E-state index is 0.306. The Bertz CT molecular complexity index is 1540. The molecule has 0 atom stereocenters. The van der Waals surface area contributed by atoms with E-state index in [9.17, 15) is 0 Å². The molecular weight excluding hydrogens is 536 g/mol. The quantitative estimate of drug-likeness (QED) is 0.317. The maximum absolute atomic E-state index is 6.42. The third-order valence-electron chi connectivity index (χ3n) is 10.6. The summed E-state index contributed by atoms with van der Waals surface area (Å²) in [6, 6.07) is 18.9. The zero-order valence-electron chi connectivity index (χ0n) is 24.9. The van der Waals surface area contributed by atoms with Gasteiger partial charge in [0, 0.05) is 44.3 Å². The van der Waals surface area contributed by atoms with E-state index in [1.807, 2.05) is 54.6 Å². The molecule has 9 nitrogen and oxygen atoms in total. The van der Waals surface area contributed by atoms with E-state index in [-0.39, 0.29) is 0 Å². The third kappa shape index (κ3) is 5.28. The molecule has 3 N–H and O–H groups in total. The largest absolute Gasteiger partial charge is 0.457 e. The fourth-order valence-electron chi connectivity index (χ4n) is 7.91. The van der Waals surface area contributed by atoms with Crippen molar-refractivity contribution < 1.29 is 4.74 Å². The minimum Gasteiger partial charge on any atom is -0.457 e. The number of aromatic nitrogens is 4. The number of benzene rings is 2. The van der Waals surface area contributed by atoms with Gasteiger partial charge in [-0.15, -0.1) is 0 Å². The molecule has 0 unspecified atom stereocenters. The molecule has 224 valence electrons. The smallest absolute Gasteiger partial charge is 0.164 e. The summed E-state index contributed by atoms with van der Waals surface area (Å²) in [5, 5.41) is 9.39. The minimum atomic E-state index is 0.306. The Morgan fingerprint density at radius 3 is 2.28 bits per heavy atom. The molecule has 0 amide bonds. The lowest BCUT2D eigenvalue weighted by molar-refractivity contribution is -0.0539. The standard InChI is InChI=1S/C34H42N8O/c35-32-30-31(25-6-8-29(9-7-25)43-28-4-2-1-3-5-28)39-42(33(30)38-23-37-32)26-10-14-41(15-11-26)27-18-34(19-27)12-16-40(17-13-34)22-24-20-36-21-24/h1-9,23-24,26-27,36H,10-22H2,(H2,35,37,38). The predicted octanol–water partition coefficient (Wildman–Crippen LogP) is 4.97. The molecule has 1 aliphatic carbocycles. The highest BCUT2D eigenvalue weighted by atomic mass is 16.5. The van der Waals surface area contributed by atoms with Gasteiger partial charge in [0.05, 0.1) is 11.4 Å². The van der Waals surface area contributed by atoms with Crippen LogP contribution in [0.1, 0.15) is 44.6 Å². The molecule has 43 heavy (non-hydrogen) atoms. The van der Waals surface area contributed by atoms with Crippen molar-refractivity contribution in [1.29, 1.82) is 0 Å². The molecule has 0 bridgehead atoms. The normalized spacial score (nSPS) is 22.0. The molecule has 3 saturated heterocycles. The van der Waals surface area contributed by atoms with Crippen molar-refractivity contribution in [2.75, 3.05) is 51.5 Å². The summed E-state index contributed by atoms with van der Waals surface area (Å²) in [5.74, 6) is 2.96. The van der Waals surface area contributed by atoms with Crippen LogP contribution in [0.5, 0.6) is 11.5 Å². The van der Waals surface area contributed by atoms with Gasteiger partial charge < -0.3 is 25.6 Å². The number of ether oxygens (including phenoxy) is 1. The Labute approximate surface area is 253 Å². The number of nitrogens with two attached hydrogens (primary N) is 1. The van der Waals surface area contributed by atoms with Crippen LogP contribution in [0.2, 0.25) is 0 Å². The van der Waals surface area contributed by atoms with E-state index in [1.54, 1.807) is 6.33 Å². The lowest BCUT2D eigenvalue weighted by atomic mass is 9.59. The van der Waals surface area contributed by atoms with Gasteiger partial charge in [0.15, 0.2) is 5.65 Å². The van der Waals surface area contributed by atoms with Crippen molar-refractivity contribution in [3.05, 3.63) is 60.9 Å². The van der Waals surface area contributed by atoms with Crippen LogP contribution in [-0.4, -0.2) is 81.4 Å². The van der Waals surface area contributed by atoms with Gasteiger partial charge in [-0.1, -0.05) is 18.2 Å². The highest BCUT2D eigenvalue weighted by Gasteiger charge is 2.48. The summed E-state index contributed by atoms with van der Waals surface area (Å²) in [6.07, 6.45) is 9.28. The fourth-order valence-corrected chi connectivity index (χ4v) is 7.91. The summed E-state index contributed by atoms with van der Waals surface area (Å²) in [4.78, 5) is 14.5. The van der Waals surface area contributed by atoms with Crippen molar-refractivity contribution in [3.63, 3.8) is 0 Å². The average molecular weight is 579 g/mol. The Kier molecular flexibility index (Phi) is 7.04. The second-order valence-corrected chi connectivity index (χ2v) is 13.3. The van der Waals surface area contributed by atoms with Gasteiger partial charge in [-0.2, -0.15) is 5.10 Å². The number of nitrogens with one attached hydrogen (secondary N) is 1. The topological polar surface area (TPSA) is 97.4 Å². The lowest BCUT2D eigenvalue weighted by Crippen LogP contribution is -2.57. The van der Waals surface area contributed by atoms with Crippen molar-refractivity contribution in [3.8, 4) is 22.8 Å². The van der Waals surface area contributed by atoms with E-state index < -0.39 is 0 Å². The van der Waals surface area contributed by atoms with E-state index >= 15 is 0 Å². The van der Waals surface area contributed by atoms with Crippen LogP contribution in [-0.2, 0) is 0 Å². The molecule has 4 aliphatic rings. The molecule has 4 fully saturated rings. The first-order valence-electron chi connectivity index (χ1n) is 16.1. The molecule has 5 heterocycles. The van der Waals surface area contributed by atoms with E-state index in [4.69, 9.17) is 15.6 Å². The summed E-state index contributed by atoms with van der Waals surface area (Å²) < 4.78 is 8.13. The van der Waals surface area contributed by atoms with Gasteiger partial charge in [0.2, 0.25) is 0 Å². The van der Waals surface area contributed by atoms with Crippen LogP contribution < -0.4 is 15.8 Å². The summed E-state index contributed by atoms with van der Waals surface area (Å²) in [7, 11) is 0. The Hall–Kier alpha value is -3.53. The number of hydrogen-bond acceptors (Lipinski definition) is 8. The summed E-state index contributed by atoms with van der Waals surface area (Å²) in [6.45, 7) is 8.57. The number of rotatable bonds is 7. The number of likely N-dealkylation sites (tertiary alicyclic amines) is 2. The summed E-state index contributed by atoms with van der Waals surface area (Å²) in [5.41, 5.74) is 9.69. The van der Waals surface area contributed by atoms with Gasteiger partial charge >= 0.3 is 0 Å². The third-order valence-corrected chi connectivity index (χ3v) is 10.6. The first kappa shape index (κ1) is 27.0. The van der Waals surface area contributed by atoms with Gasteiger partial charge in [0.25, 0.3) is 0 Å². The lowest BCUT2D eigenvalue weighted by Gasteiger charge is -2.56. The molecule has 2 aromatic heterocycles. The fraction of sp³-hybridized carbons (Fsp3) is 0.500. The molecule has 8 rings (SSSR count). The number of nitrogen functional groups attached to an aromatic ring is 1. The number of hydrogen-bond donors (Lipinski definition) is 2. The molecule has 4 aromatic rings. The molecule has 3 aliphatic heterocycles. The van der Waals surface area contributed by atoms with Gasteiger partial charge in [0.1, 0.15) is 29.3 Å². The Morgan fingerprint density at radius 2 is 1.58 bits per heavy atom. The zero-order valence-corrected chi connectivity index (χ0v) is 24.9. The number of anilines is 1. The Morgan fingerprint density at radius 1 is 0.860 bits per heavy atom. The molecule has 2 aromatic carbocycles. The second kappa shape index (κ2) is 11.2. The van der Waals surface area contributed by atoms with Gasteiger partial charge in [-0.25, -0.2) is 14.6 Å². The van der Waals surface area contributed by atoms with Crippen molar-refractivity contribution in [1.82, 2.24) is 34.9 Å². The average Bonchev–Trinajstić information content (AvgIpc) is 3.40. The highest BCUT2D eigenvalue weighted by molar-refractivity contribution is 5.98. The van der Waals surface area contributed by atoms with Crippen LogP contribution in [0.25, 0.3) is 22.3 Å². The maximum Gasteiger partial charge on any atom is 0.164 e. The summed E-state index contributed by atoms with van der Waals surface area (Å²) >= 11 is 0. The van der Waals surface area contributed by atoms with Crippen molar-refractivity contribution >= 4 is 16.9 Å². The molecule has 0 radical (unpaired) electrons. The highest BCUT2D eigenvalue weighted by Crippen LogP contribution is 2.51. The monoisotopic (exact) mass is 578 g/mol. The van der Waals surface area contributed by atoms with Crippen molar-refractivity contribution in [2.24, 2.45) is 11.3 Å². The molecule has 1 saturated carbocycles. The molecular formula is C34H42N8O. The van der Waals surface area contributed by atoms with Crippen LogP contribution in [0, 0.1) is 11.3 Å². The number of nitrogens with zero attached hydrogens (tertiary/aromatic N) is 6. The van der Waals surface area contributed by atoms with Crippen LogP contribution in [0.3, 0.4) is 0 Å². The molecule has 1 spiro atoms. The van der Waals surface area contributed by atoms with Crippen LogP contribution >= 0.6 is 0 Å². The first-order valence-corrected chi connectivity index (χ1v) is 16.1. The second-order valence-electron chi connectivity index (χ2n) is 13.3. The first-order chi connectivity index (χ1) is 21.1. The molecule has 9 heteroatoms. The maximum atomic E-state index is 6.42. The van der Waals surface area contributed by atoms with Crippen LogP contribution in [0.15, 0.2) is 60.9 Å². The Balaban J connectivity index is 0.919.